The molecule has 0 atom stereocenters. The molecule has 0 aliphatic rings. The third-order valence-corrected chi connectivity index (χ3v) is 3.38. The Morgan fingerprint density at radius 2 is 2.28 bits per heavy atom. The molecule has 0 fully saturated rings. The maximum absolute atomic E-state index is 11.8. The van der Waals surface area contributed by atoms with Crippen molar-refractivity contribution in [3.63, 3.8) is 0 Å². The van der Waals surface area contributed by atoms with Crippen LogP contribution in [0.3, 0.4) is 0 Å². The smallest absolute Gasteiger partial charge is 0.441 e. The van der Waals surface area contributed by atoms with Crippen LogP contribution < -0.4 is 5.32 Å². The lowest BCUT2D eigenvalue weighted by Crippen LogP contribution is -2.09. The number of carbonyl (C=O) groups is 1. The third-order valence-electron chi connectivity index (χ3n) is 1.79. The van der Waals surface area contributed by atoms with Crippen LogP contribution in [0.1, 0.15) is 12.1 Å². The number of halogens is 3. The zero-order valence-electron chi connectivity index (χ0n) is 9.16. The largest absolute Gasteiger partial charge is 0.481 e. The highest BCUT2D eigenvalue weighted by atomic mass is 32.2. The normalized spacial score (nSPS) is 11.5. The van der Waals surface area contributed by atoms with E-state index in [1.165, 1.54) is 11.3 Å². The number of carboxylic acid groups (broad SMARTS) is 1. The maximum atomic E-state index is 11.8. The number of nitrogens with one attached hydrogen (secondary N) is 1. The van der Waals surface area contributed by atoms with Gasteiger partial charge < -0.3 is 10.4 Å². The Labute approximate surface area is 110 Å². The highest BCUT2D eigenvalue weighted by molar-refractivity contribution is 8.00. The number of thioether (sulfide) groups is 1. The number of hydrogen-bond acceptors (Lipinski definition) is 5. The van der Waals surface area contributed by atoms with Crippen molar-refractivity contribution in [2.24, 2.45) is 0 Å². The van der Waals surface area contributed by atoms with Crippen LogP contribution in [-0.2, 0) is 11.2 Å². The molecular formula is C9H11F3N2O2S2. The molecule has 0 bridgehead atoms. The molecule has 18 heavy (non-hydrogen) atoms. The molecule has 0 aromatic carbocycles. The van der Waals surface area contributed by atoms with Gasteiger partial charge in [-0.15, -0.1) is 11.3 Å². The predicted octanol–water partition coefficient (Wildman–Crippen LogP) is 2.83. The maximum Gasteiger partial charge on any atom is 0.441 e. The van der Waals surface area contributed by atoms with E-state index in [2.05, 4.69) is 10.3 Å². The van der Waals surface area contributed by atoms with Crippen molar-refractivity contribution < 1.29 is 23.1 Å². The first-order chi connectivity index (χ1) is 8.37. The summed E-state index contributed by atoms with van der Waals surface area (Å²) < 4.78 is 35.5. The van der Waals surface area contributed by atoms with Crippen molar-refractivity contribution in [3.8, 4) is 0 Å². The molecule has 102 valence electrons. The molecule has 0 amide bonds. The van der Waals surface area contributed by atoms with Crippen molar-refractivity contribution in [2.75, 3.05) is 17.6 Å². The number of hydrogen-bond donors (Lipinski definition) is 2. The number of alkyl halides is 3. The van der Waals surface area contributed by atoms with Gasteiger partial charge in [0.1, 0.15) is 0 Å². The Balaban J connectivity index is 2.25. The van der Waals surface area contributed by atoms with Crippen LogP contribution >= 0.6 is 23.1 Å². The van der Waals surface area contributed by atoms with Crippen molar-refractivity contribution in [3.05, 3.63) is 11.1 Å². The molecule has 1 aromatic heterocycles. The van der Waals surface area contributed by atoms with E-state index in [9.17, 15) is 18.0 Å². The SMILES string of the molecule is O=C(O)CCc1csc(NCCSC(F)(F)F)n1. The van der Waals surface area contributed by atoms with E-state index in [1.807, 2.05) is 0 Å². The first-order valence-corrected chi connectivity index (χ1v) is 6.84. The van der Waals surface area contributed by atoms with Crippen molar-refractivity contribution in [1.29, 1.82) is 0 Å². The van der Waals surface area contributed by atoms with Gasteiger partial charge in [-0.1, -0.05) is 0 Å². The Morgan fingerprint density at radius 1 is 1.56 bits per heavy atom. The summed E-state index contributed by atoms with van der Waals surface area (Å²) in [5.41, 5.74) is -3.58. The quantitative estimate of drug-likeness (QED) is 0.758. The number of aromatic nitrogens is 1. The summed E-state index contributed by atoms with van der Waals surface area (Å²) in [5, 5.41) is 13.5. The second kappa shape index (κ2) is 6.83. The fourth-order valence-corrected chi connectivity index (χ4v) is 2.27. The second-order valence-electron chi connectivity index (χ2n) is 3.26. The number of aryl methyl sites for hydroxylation is 1. The van der Waals surface area contributed by atoms with Gasteiger partial charge in [0.25, 0.3) is 0 Å². The molecule has 0 aliphatic carbocycles. The van der Waals surface area contributed by atoms with Gasteiger partial charge in [-0.25, -0.2) is 4.98 Å². The van der Waals surface area contributed by atoms with Crippen molar-refractivity contribution >= 4 is 34.2 Å². The van der Waals surface area contributed by atoms with Gasteiger partial charge in [-0.2, -0.15) is 13.2 Å². The van der Waals surface area contributed by atoms with E-state index >= 15 is 0 Å². The summed E-state index contributed by atoms with van der Waals surface area (Å²) in [6.07, 6.45) is 0.317. The molecule has 1 heterocycles. The number of nitrogens with zero attached hydrogens (tertiary/aromatic N) is 1. The number of thiazole rings is 1. The summed E-state index contributed by atoms with van der Waals surface area (Å²) in [6.45, 7) is 0.163. The molecule has 1 aromatic rings. The molecule has 0 radical (unpaired) electrons. The fraction of sp³-hybridized carbons (Fsp3) is 0.556. The average Bonchev–Trinajstić information content (AvgIpc) is 2.68. The highest BCUT2D eigenvalue weighted by Crippen LogP contribution is 2.29. The zero-order valence-corrected chi connectivity index (χ0v) is 10.8. The standard InChI is InChI=1S/C9H11F3N2O2S2/c10-9(11,12)18-4-3-13-8-14-6(5-17-8)1-2-7(15)16/h5H,1-4H2,(H,13,14)(H,15,16). The number of anilines is 1. The van der Waals surface area contributed by atoms with Gasteiger partial charge in [0.05, 0.1) is 12.1 Å². The molecule has 0 aliphatic heterocycles. The molecule has 9 heteroatoms. The monoisotopic (exact) mass is 300 g/mol. The lowest BCUT2D eigenvalue weighted by molar-refractivity contribution is -0.136. The first-order valence-electron chi connectivity index (χ1n) is 4.97. The van der Waals surface area contributed by atoms with Crippen LogP contribution in [0.5, 0.6) is 0 Å². The lowest BCUT2D eigenvalue weighted by atomic mass is 10.2. The molecular weight excluding hydrogens is 289 g/mol. The van der Waals surface area contributed by atoms with E-state index in [1.54, 1.807) is 5.38 Å². The van der Waals surface area contributed by atoms with Crippen LogP contribution in [0.2, 0.25) is 0 Å². The van der Waals surface area contributed by atoms with Crippen LogP contribution in [0, 0.1) is 0 Å². The fourth-order valence-electron chi connectivity index (χ4n) is 1.06. The molecule has 0 unspecified atom stereocenters. The average molecular weight is 300 g/mol. The summed E-state index contributed by atoms with van der Waals surface area (Å²) in [5.74, 6) is -0.993. The van der Waals surface area contributed by atoms with Gasteiger partial charge in [-0.05, 0) is 11.8 Å². The zero-order chi connectivity index (χ0) is 13.6. The van der Waals surface area contributed by atoms with Crippen LogP contribution in [-0.4, -0.2) is 33.9 Å². The van der Waals surface area contributed by atoms with Crippen molar-refractivity contribution in [2.45, 2.75) is 18.3 Å². The van der Waals surface area contributed by atoms with Crippen LogP contribution in [0.25, 0.3) is 0 Å². The minimum Gasteiger partial charge on any atom is -0.481 e. The summed E-state index contributed by atoms with van der Waals surface area (Å²) >= 11 is 1.16. The van der Waals surface area contributed by atoms with E-state index < -0.39 is 11.5 Å². The minimum absolute atomic E-state index is 0.00685. The highest BCUT2D eigenvalue weighted by Gasteiger charge is 2.27. The van der Waals surface area contributed by atoms with Crippen molar-refractivity contribution in [1.82, 2.24) is 4.98 Å². The second-order valence-corrected chi connectivity index (χ2v) is 5.28. The van der Waals surface area contributed by atoms with E-state index in [-0.39, 0.29) is 30.5 Å². The topological polar surface area (TPSA) is 62.2 Å². The minimum atomic E-state index is -4.21. The van der Waals surface area contributed by atoms with Gasteiger partial charge in [0.15, 0.2) is 5.13 Å². The van der Waals surface area contributed by atoms with Crippen LogP contribution in [0.15, 0.2) is 5.38 Å². The van der Waals surface area contributed by atoms with Gasteiger partial charge in [0.2, 0.25) is 0 Å². The Kier molecular flexibility index (Phi) is 5.73. The summed E-state index contributed by atoms with van der Waals surface area (Å²) in [6, 6.07) is 0. The third kappa shape index (κ3) is 6.70. The molecule has 2 N–H and O–H groups in total. The van der Waals surface area contributed by atoms with E-state index in [0.29, 0.717) is 17.2 Å². The van der Waals surface area contributed by atoms with E-state index in [0.717, 1.165) is 0 Å². The Morgan fingerprint density at radius 3 is 2.89 bits per heavy atom. The molecule has 0 saturated carbocycles. The van der Waals surface area contributed by atoms with Gasteiger partial charge >= 0.3 is 11.5 Å². The predicted molar refractivity (Wildman–Crippen MR) is 65.1 cm³/mol. The molecule has 0 saturated heterocycles. The van der Waals surface area contributed by atoms with Crippen LogP contribution in [0.4, 0.5) is 18.3 Å². The number of rotatable bonds is 7. The summed E-state index contributed by atoms with van der Waals surface area (Å²) in [4.78, 5) is 14.4. The number of aliphatic carboxylic acids is 1. The Hall–Kier alpha value is -0.960. The molecule has 1 rings (SSSR count). The lowest BCUT2D eigenvalue weighted by Gasteiger charge is -2.05. The summed E-state index contributed by atoms with van der Waals surface area (Å²) in [7, 11) is 0. The first kappa shape index (κ1) is 15.1. The Bertz CT molecular complexity index is 395. The molecule has 4 nitrogen and oxygen atoms in total. The van der Waals surface area contributed by atoms with E-state index in [4.69, 9.17) is 5.11 Å². The van der Waals surface area contributed by atoms with Gasteiger partial charge in [-0.3, -0.25) is 4.79 Å². The van der Waals surface area contributed by atoms with Gasteiger partial charge in [0, 0.05) is 24.1 Å². The number of carboxylic acids is 1. The molecule has 0 spiro atoms.